The van der Waals surface area contributed by atoms with Crippen molar-refractivity contribution in [3.8, 4) is 0 Å². The maximum atomic E-state index is 13.2. The highest BCUT2D eigenvalue weighted by atomic mass is 32.2. The maximum absolute atomic E-state index is 13.2. The fourth-order valence-electron chi connectivity index (χ4n) is 3.03. The van der Waals surface area contributed by atoms with Gasteiger partial charge >= 0.3 is 0 Å². The van der Waals surface area contributed by atoms with Crippen molar-refractivity contribution >= 4 is 21.4 Å². The quantitative estimate of drug-likeness (QED) is 0.816. The molecule has 0 fully saturated rings. The van der Waals surface area contributed by atoms with Gasteiger partial charge in [-0.3, -0.25) is 4.79 Å². The number of amides is 1. The normalized spacial score (nSPS) is 18.2. The predicted molar refractivity (Wildman–Crippen MR) is 105 cm³/mol. The van der Waals surface area contributed by atoms with E-state index < -0.39 is 15.9 Å². The van der Waals surface area contributed by atoms with Crippen LogP contribution in [0.25, 0.3) is 0 Å². The number of benzene rings is 2. The molecule has 0 N–H and O–H groups in total. The Labute approximate surface area is 155 Å². The van der Waals surface area contributed by atoms with Crippen LogP contribution in [0.3, 0.4) is 0 Å². The Morgan fingerprint density at radius 2 is 1.65 bits per heavy atom. The lowest BCUT2D eigenvalue weighted by Crippen LogP contribution is -2.41. The molecule has 4 nitrogen and oxygen atoms in total. The fourth-order valence-corrected chi connectivity index (χ4v) is 4.30. The molecule has 0 saturated heterocycles. The molecule has 1 heterocycles. The van der Waals surface area contributed by atoms with Crippen molar-refractivity contribution in [3.63, 3.8) is 0 Å². The van der Waals surface area contributed by atoms with Gasteiger partial charge in [0.25, 0.3) is 5.91 Å². The van der Waals surface area contributed by atoms with Crippen LogP contribution in [0, 0.1) is 6.92 Å². The summed E-state index contributed by atoms with van der Waals surface area (Å²) in [5.74, 6) is 0.0994. The number of anilines is 1. The van der Waals surface area contributed by atoms with E-state index in [0.29, 0.717) is 17.2 Å². The molecule has 1 aliphatic heterocycles. The van der Waals surface area contributed by atoms with Crippen molar-refractivity contribution in [2.24, 2.45) is 0 Å². The van der Waals surface area contributed by atoms with E-state index in [9.17, 15) is 13.2 Å². The van der Waals surface area contributed by atoms with E-state index in [1.807, 2.05) is 43.3 Å². The van der Waals surface area contributed by atoms with E-state index in [0.717, 1.165) is 5.56 Å². The highest BCUT2D eigenvalue weighted by Crippen LogP contribution is 2.27. The van der Waals surface area contributed by atoms with Gasteiger partial charge in [-0.15, -0.1) is 0 Å². The van der Waals surface area contributed by atoms with Crippen LogP contribution in [-0.2, 0) is 9.84 Å². The largest absolute Gasteiger partial charge is 0.300 e. The average molecular weight is 369 g/mol. The van der Waals surface area contributed by atoms with Crippen molar-refractivity contribution in [2.75, 3.05) is 10.7 Å². The summed E-state index contributed by atoms with van der Waals surface area (Å²) in [7, 11) is -3.27. The summed E-state index contributed by atoms with van der Waals surface area (Å²) in [6.45, 7) is 6.18. The zero-order valence-corrected chi connectivity index (χ0v) is 16.0. The Hall–Kier alpha value is -2.40. The van der Waals surface area contributed by atoms with Crippen molar-refractivity contribution in [2.45, 2.75) is 32.7 Å². The third-order valence-electron chi connectivity index (χ3n) is 4.60. The zero-order chi connectivity index (χ0) is 18.9. The van der Waals surface area contributed by atoms with Crippen LogP contribution in [-0.4, -0.2) is 26.1 Å². The Bertz CT molecular complexity index is 926. The number of aryl methyl sites for hydroxylation is 1. The third-order valence-corrected chi connectivity index (χ3v) is 5.98. The number of hydrogen-bond acceptors (Lipinski definition) is 3. The van der Waals surface area contributed by atoms with Crippen LogP contribution in [0.1, 0.15) is 41.3 Å². The smallest absolute Gasteiger partial charge is 0.258 e. The first kappa shape index (κ1) is 18.4. The van der Waals surface area contributed by atoms with Gasteiger partial charge in [0, 0.05) is 16.7 Å². The summed E-state index contributed by atoms with van der Waals surface area (Å²) in [6.07, 6.45) is 1.60. The minimum absolute atomic E-state index is 0.0868. The second-order valence-electron chi connectivity index (χ2n) is 7.01. The van der Waals surface area contributed by atoms with E-state index in [-0.39, 0.29) is 11.7 Å². The first-order chi connectivity index (χ1) is 12.3. The van der Waals surface area contributed by atoms with E-state index in [1.165, 1.54) is 11.0 Å². The Morgan fingerprint density at radius 3 is 2.15 bits per heavy atom. The molecule has 0 unspecified atom stereocenters. The van der Waals surface area contributed by atoms with Gasteiger partial charge in [-0.05, 0) is 48.7 Å². The lowest BCUT2D eigenvalue weighted by Gasteiger charge is -2.28. The number of hydrogen-bond donors (Lipinski definition) is 0. The van der Waals surface area contributed by atoms with Gasteiger partial charge < -0.3 is 4.90 Å². The molecule has 5 heteroatoms. The van der Waals surface area contributed by atoms with Crippen LogP contribution >= 0.6 is 0 Å². The number of sulfone groups is 1. The van der Waals surface area contributed by atoms with Gasteiger partial charge in [-0.25, -0.2) is 8.42 Å². The summed E-state index contributed by atoms with van der Waals surface area (Å²) < 4.78 is 23.8. The van der Waals surface area contributed by atoms with E-state index in [2.05, 4.69) is 13.8 Å². The molecular formula is C21H23NO3S. The topological polar surface area (TPSA) is 54.5 Å². The Balaban J connectivity index is 2.00. The lowest BCUT2D eigenvalue weighted by atomic mass is 10.0. The Morgan fingerprint density at radius 1 is 1.04 bits per heavy atom. The minimum Gasteiger partial charge on any atom is -0.300 e. The monoisotopic (exact) mass is 369 g/mol. The van der Waals surface area contributed by atoms with E-state index in [4.69, 9.17) is 0 Å². The summed E-state index contributed by atoms with van der Waals surface area (Å²) >= 11 is 0. The highest BCUT2D eigenvalue weighted by molar-refractivity contribution is 7.94. The first-order valence-corrected chi connectivity index (χ1v) is 10.4. The van der Waals surface area contributed by atoms with Gasteiger partial charge in [-0.2, -0.15) is 0 Å². The van der Waals surface area contributed by atoms with Crippen molar-refractivity contribution < 1.29 is 13.2 Å². The first-order valence-electron chi connectivity index (χ1n) is 8.68. The molecule has 0 radical (unpaired) electrons. The lowest BCUT2D eigenvalue weighted by molar-refractivity contribution is 0.0983. The molecule has 136 valence electrons. The summed E-state index contributed by atoms with van der Waals surface area (Å²) in [4.78, 5) is 14.7. The SMILES string of the molecule is Cc1ccc(C(=O)N(c2ccc(C(C)C)cc2)[C@@H]2C=CS(=O)(=O)C2)cc1. The van der Waals surface area contributed by atoms with Crippen molar-refractivity contribution in [3.05, 3.63) is 76.7 Å². The zero-order valence-electron chi connectivity index (χ0n) is 15.2. The number of carbonyl (C=O) groups excluding carboxylic acids is 1. The van der Waals surface area contributed by atoms with Crippen LogP contribution in [0.4, 0.5) is 5.69 Å². The van der Waals surface area contributed by atoms with Gasteiger partial charge in [0.15, 0.2) is 9.84 Å². The van der Waals surface area contributed by atoms with Gasteiger partial charge in [0.1, 0.15) is 0 Å². The summed E-state index contributed by atoms with van der Waals surface area (Å²) in [5.41, 5.74) is 3.48. The number of carbonyl (C=O) groups is 1. The van der Waals surface area contributed by atoms with Crippen molar-refractivity contribution in [1.82, 2.24) is 0 Å². The third kappa shape index (κ3) is 3.88. The molecule has 2 aromatic rings. The molecule has 1 amide bonds. The second-order valence-corrected chi connectivity index (χ2v) is 8.94. The molecule has 26 heavy (non-hydrogen) atoms. The fraction of sp³-hybridized carbons (Fsp3) is 0.286. The molecular weight excluding hydrogens is 346 g/mol. The van der Waals surface area contributed by atoms with Crippen LogP contribution in [0.15, 0.2) is 60.0 Å². The molecule has 1 atom stereocenters. The second kappa shape index (κ2) is 7.08. The maximum Gasteiger partial charge on any atom is 0.258 e. The molecule has 0 bridgehead atoms. The van der Waals surface area contributed by atoms with E-state index >= 15 is 0 Å². The molecule has 0 saturated carbocycles. The van der Waals surface area contributed by atoms with Crippen LogP contribution in [0.2, 0.25) is 0 Å². The summed E-state index contributed by atoms with van der Waals surface area (Å²) in [5, 5.41) is 1.20. The Kier molecular flexibility index (Phi) is 5.01. The molecule has 0 spiro atoms. The predicted octanol–water partition coefficient (Wildman–Crippen LogP) is 4.08. The number of nitrogens with zero attached hydrogens (tertiary/aromatic N) is 1. The average Bonchev–Trinajstić information content (AvgIpc) is 2.95. The van der Waals surface area contributed by atoms with Crippen molar-refractivity contribution in [1.29, 1.82) is 0 Å². The van der Waals surface area contributed by atoms with Crippen LogP contribution in [0.5, 0.6) is 0 Å². The molecule has 0 aliphatic carbocycles. The van der Waals surface area contributed by atoms with Gasteiger partial charge in [0.05, 0.1) is 11.8 Å². The number of rotatable bonds is 4. The molecule has 1 aliphatic rings. The molecule has 0 aromatic heterocycles. The minimum atomic E-state index is -3.27. The molecule has 3 rings (SSSR count). The summed E-state index contributed by atoms with van der Waals surface area (Å²) in [6, 6.07) is 14.6. The standard InChI is InChI=1S/C21H23NO3S/c1-15(2)17-8-10-19(11-9-17)22(20-12-13-26(24,25)14-20)21(23)18-6-4-16(3)5-7-18/h4-13,15,20H,14H2,1-3H3/t20-/m1/s1. The van der Waals surface area contributed by atoms with Gasteiger partial charge in [-0.1, -0.05) is 43.7 Å². The highest BCUT2D eigenvalue weighted by Gasteiger charge is 2.32. The van der Waals surface area contributed by atoms with Crippen LogP contribution < -0.4 is 4.90 Å². The molecule has 2 aromatic carbocycles. The van der Waals surface area contributed by atoms with E-state index in [1.54, 1.807) is 23.1 Å². The van der Waals surface area contributed by atoms with Gasteiger partial charge in [0.2, 0.25) is 0 Å².